The van der Waals surface area contributed by atoms with Gasteiger partial charge in [0.05, 0.1) is 18.2 Å². The highest BCUT2D eigenvalue weighted by molar-refractivity contribution is 9.08. The number of ether oxygens (including phenoxy) is 1. The van der Waals surface area contributed by atoms with Crippen LogP contribution >= 0.6 is 15.9 Å². The number of aromatic nitrogens is 1. The molecule has 144 valence electrons. The van der Waals surface area contributed by atoms with E-state index in [0.29, 0.717) is 39.0 Å². The van der Waals surface area contributed by atoms with Crippen LogP contribution in [0.2, 0.25) is 0 Å². The number of carbonyl (C=O) groups is 2. The average molecular weight is 448 g/mol. The summed E-state index contributed by atoms with van der Waals surface area (Å²) in [4.78, 5) is 26.7. The Morgan fingerprint density at radius 1 is 0.862 bits per heavy atom. The molecule has 0 saturated carbocycles. The zero-order valence-electron chi connectivity index (χ0n) is 15.8. The molecule has 0 spiro atoms. The quantitative estimate of drug-likeness (QED) is 0.301. The summed E-state index contributed by atoms with van der Waals surface area (Å²) in [6.45, 7) is 0. The number of para-hydroxylation sites is 1. The summed E-state index contributed by atoms with van der Waals surface area (Å²) >= 11 is 3.50. The van der Waals surface area contributed by atoms with Gasteiger partial charge in [0.15, 0.2) is 5.78 Å². The third-order valence-electron chi connectivity index (χ3n) is 4.90. The molecule has 3 aromatic carbocycles. The van der Waals surface area contributed by atoms with Crippen LogP contribution in [0.25, 0.3) is 10.9 Å². The second kappa shape index (κ2) is 8.05. The fraction of sp³-hybridized carbons (Fsp3) is 0.0833. The van der Waals surface area contributed by atoms with E-state index in [1.807, 2.05) is 42.5 Å². The fourth-order valence-corrected chi connectivity index (χ4v) is 4.03. The fourth-order valence-electron chi connectivity index (χ4n) is 3.50. The van der Waals surface area contributed by atoms with Gasteiger partial charge < -0.3 is 4.74 Å². The van der Waals surface area contributed by atoms with Crippen LogP contribution in [-0.2, 0) is 5.33 Å². The van der Waals surface area contributed by atoms with E-state index in [1.54, 1.807) is 48.1 Å². The van der Waals surface area contributed by atoms with Crippen LogP contribution in [-0.4, -0.2) is 23.4 Å². The highest BCUT2D eigenvalue weighted by Crippen LogP contribution is 2.31. The number of alkyl halides is 1. The van der Waals surface area contributed by atoms with Crippen molar-refractivity contribution in [3.8, 4) is 5.75 Å². The van der Waals surface area contributed by atoms with Crippen molar-refractivity contribution >= 4 is 38.5 Å². The molecule has 1 aromatic heterocycles. The van der Waals surface area contributed by atoms with Crippen LogP contribution in [0, 0.1) is 0 Å². The van der Waals surface area contributed by atoms with E-state index in [9.17, 15) is 9.59 Å². The molecule has 4 rings (SSSR count). The lowest BCUT2D eigenvalue weighted by Crippen LogP contribution is -2.15. The van der Waals surface area contributed by atoms with Gasteiger partial charge in [-0.3, -0.25) is 14.2 Å². The first-order valence-corrected chi connectivity index (χ1v) is 10.2. The van der Waals surface area contributed by atoms with Gasteiger partial charge in [0.1, 0.15) is 5.75 Å². The Morgan fingerprint density at radius 2 is 1.52 bits per heavy atom. The van der Waals surface area contributed by atoms with E-state index in [1.165, 1.54) is 0 Å². The third kappa shape index (κ3) is 3.38. The lowest BCUT2D eigenvalue weighted by molar-refractivity contribution is 0.0963. The minimum Gasteiger partial charge on any atom is -0.497 e. The molecule has 0 N–H and O–H groups in total. The van der Waals surface area contributed by atoms with Crippen LogP contribution in [0.1, 0.15) is 32.0 Å². The van der Waals surface area contributed by atoms with Gasteiger partial charge in [-0.25, -0.2) is 0 Å². The number of fused-ring (bicyclic) bond motifs is 1. The molecule has 0 radical (unpaired) electrons. The van der Waals surface area contributed by atoms with Crippen molar-refractivity contribution in [2.24, 2.45) is 0 Å². The zero-order valence-corrected chi connectivity index (χ0v) is 17.3. The van der Waals surface area contributed by atoms with Gasteiger partial charge in [0.25, 0.3) is 5.91 Å². The normalized spacial score (nSPS) is 10.8. The topological polar surface area (TPSA) is 48.3 Å². The molecule has 0 amide bonds. The molecule has 0 bridgehead atoms. The second-order valence-corrected chi connectivity index (χ2v) is 7.10. The number of methoxy groups -OCH3 is 1. The van der Waals surface area contributed by atoms with E-state index in [-0.39, 0.29) is 11.7 Å². The molecular weight excluding hydrogens is 430 g/mol. The van der Waals surface area contributed by atoms with E-state index in [0.717, 1.165) is 5.39 Å². The van der Waals surface area contributed by atoms with Gasteiger partial charge in [-0.15, -0.1) is 0 Å². The Kier molecular flexibility index (Phi) is 5.32. The minimum atomic E-state index is -0.189. The third-order valence-corrected chi connectivity index (χ3v) is 5.43. The lowest BCUT2D eigenvalue weighted by atomic mass is 10.0. The molecule has 0 fully saturated rings. The molecule has 1 heterocycles. The van der Waals surface area contributed by atoms with Gasteiger partial charge in [-0.2, -0.15) is 0 Å². The van der Waals surface area contributed by atoms with Crippen molar-refractivity contribution in [1.29, 1.82) is 0 Å². The number of hydrogen-bond acceptors (Lipinski definition) is 3. The van der Waals surface area contributed by atoms with Gasteiger partial charge >= 0.3 is 0 Å². The summed E-state index contributed by atoms with van der Waals surface area (Å²) in [7, 11) is 1.58. The highest BCUT2D eigenvalue weighted by Gasteiger charge is 2.26. The Labute approximate surface area is 176 Å². The van der Waals surface area contributed by atoms with Gasteiger partial charge in [0.2, 0.25) is 0 Å². The van der Waals surface area contributed by atoms with Crippen molar-refractivity contribution in [2.45, 2.75) is 5.33 Å². The largest absolute Gasteiger partial charge is 0.497 e. The molecular formula is C24H18BrNO3. The maximum Gasteiger partial charge on any atom is 0.262 e. The minimum absolute atomic E-state index is 0.0995. The molecule has 4 nitrogen and oxygen atoms in total. The molecule has 0 aliphatic heterocycles. The molecule has 4 aromatic rings. The average Bonchev–Trinajstić information content (AvgIpc) is 3.13. The second-order valence-electron chi connectivity index (χ2n) is 6.54. The monoisotopic (exact) mass is 447 g/mol. The summed E-state index contributed by atoms with van der Waals surface area (Å²) in [6.07, 6.45) is 0. The summed E-state index contributed by atoms with van der Waals surface area (Å²) < 4.78 is 6.81. The van der Waals surface area contributed by atoms with Crippen molar-refractivity contribution in [1.82, 2.24) is 4.57 Å². The summed E-state index contributed by atoms with van der Waals surface area (Å²) in [5, 5.41) is 1.13. The summed E-state index contributed by atoms with van der Waals surface area (Å²) in [5.74, 6) is 0.391. The van der Waals surface area contributed by atoms with Gasteiger partial charge in [0, 0.05) is 27.5 Å². The predicted molar refractivity (Wildman–Crippen MR) is 117 cm³/mol. The number of ketones is 1. The summed E-state index contributed by atoms with van der Waals surface area (Å²) in [5.41, 5.74) is 3.01. The molecule has 0 unspecified atom stereocenters. The van der Waals surface area contributed by atoms with Crippen molar-refractivity contribution < 1.29 is 14.3 Å². The Morgan fingerprint density at radius 3 is 2.17 bits per heavy atom. The van der Waals surface area contributed by atoms with Crippen LogP contribution in [0.3, 0.4) is 0 Å². The van der Waals surface area contributed by atoms with E-state index >= 15 is 0 Å². The maximum atomic E-state index is 13.4. The first-order valence-electron chi connectivity index (χ1n) is 9.12. The van der Waals surface area contributed by atoms with Crippen LogP contribution in [0.5, 0.6) is 5.75 Å². The van der Waals surface area contributed by atoms with E-state index < -0.39 is 0 Å². The molecule has 0 atom stereocenters. The van der Waals surface area contributed by atoms with E-state index in [2.05, 4.69) is 15.9 Å². The van der Waals surface area contributed by atoms with E-state index in [4.69, 9.17) is 4.74 Å². The SMILES string of the molecule is COc1ccc(C(=O)n2c(CBr)c(C(=O)c3ccccc3)c3ccccc32)cc1. The lowest BCUT2D eigenvalue weighted by Gasteiger charge is -2.10. The molecule has 29 heavy (non-hydrogen) atoms. The number of nitrogens with zero attached hydrogens (tertiary/aromatic N) is 1. The van der Waals surface area contributed by atoms with Crippen LogP contribution in [0.4, 0.5) is 0 Å². The van der Waals surface area contributed by atoms with Crippen molar-refractivity contribution in [2.75, 3.05) is 7.11 Å². The molecule has 5 heteroatoms. The maximum absolute atomic E-state index is 13.4. The summed E-state index contributed by atoms with van der Waals surface area (Å²) in [6, 6.07) is 23.6. The van der Waals surface area contributed by atoms with Crippen molar-refractivity contribution in [3.05, 3.63) is 101 Å². The molecule has 0 aliphatic rings. The number of hydrogen-bond donors (Lipinski definition) is 0. The Hall–Kier alpha value is -3.18. The Bertz CT molecular complexity index is 1190. The van der Waals surface area contributed by atoms with Crippen LogP contribution < -0.4 is 4.74 Å². The zero-order chi connectivity index (χ0) is 20.4. The number of carbonyl (C=O) groups excluding carboxylic acids is 2. The number of rotatable bonds is 5. The molecule has 0 saturated heterocycles. The first-order chi connectivity index (χ1) is 14.2. The van der Waals surface area contributed by atoms with Crippen molar-refractivity contribution in [3.63, 3.8) is 0 Å². The predicted octanol–water partition coefficient (Wildman–Crippen LogP) is 5.46. The Balaban J connectivity index is 1.93. The van der Waals surface area contributed by atoms with Crippen LogP contribution in [0.15, 0.2) is 78.9 Å². The first kappa shape index (κ1) is 19.2. The van der Waals surface area contributed by atoms with Gasteiger partial charge in [-0.1, -0.05) is 64.5 Å². The number of halogens is 1. The number of benzene rings is 3. The molecule has 0 aliphatic carbocycles. The smallest absolute Gasteiger partial charge is 0.262 e. The van der Waals surface area contributed by atoms with Gasteiger partial charge in [-0.05, 0) is 30.3 Å². The highest BCUT2D eigenvalue weighted by atomic mass is 79.9. The standard InChI is InChI=1S/C24H18BrNO3/c1-29-18-13-11-17(12-14-18)24(28)26-20-10-6-5-9-19(20)22(21(26)15-25)23(27)16-7-3-2-4-8-16/h2-14H,15H2,1H3.